The largest absolute Gasteiger partial charge is 0.411 e. The van der Waals surface area contributed by atoms with E-state index in [0.717, 1.165) is 0 Å². The standard InChI is InChI=1S/C5H9NO/c1-3-4-5(2)6-7/h3-4,7H,1-2H3/b4-3+,6-5+. The van der Waals surface area contributed by atoms with Crippen molar-refractivity contribution in [2.45, 2.75) is 13.8 Å². The smallest absolute Gasteiger partial charge is 0.0761 e. The van der Waals surface area contributed by atoms with Gasteiger partial charge < -0.3 is 5.21 Å². The van der Waals surface area contributed by atoms with Crippen LogP contribution in [-0.4, -0.2) is 10.9 Å². The Hall–Kier alpha value is -0.790. The van der Waals surface area contributed by atoms with Crippen LogP contribution in [0, 0.1) is 0 Å². The third-order valence-corrected chi connectivity index (χ3v) is 0.566. The first-order chi connectivity index (χ1) is 3.31. The number of rotatable bonds is 1. The maximum absolute atomic E-state index is 8.00. The second kappa shape index (κ2) is 3.40. The second-order valence-electron chi connectivity index (χ2n) is 1.24. The molecule has 0 aliphatic rings. The van der Waals surface area contributed by atoms with Crippen molar-refractivity contribution in [1.29, 1.82) is 0 Å². The molecule has 0 aliphatic heterocycles. The van der Waals surface area contributed by atoms with Crippen LogP contribution in [0.1, 0.15) is 13.8 Å². The van der Waals surface area contributed by atoms with Crippen LogP contribution in [0.4, 0.5) is 0 Å². The van der Waals surface area contributed by atoms with Crippen molar-refractivity contribution in [2.75, 3.05) is 0 Å². The first kappa shape index (κ1) is 6.21. The Labute approximate surface area is 43.2 Å². The zero-order valence-electron chi connectivity index (χ0n) is 4.55. The first-order valence-corrected chi connectivity index (χ1v) is 2.12. The van der Waals surface area contributed by atoms with Crippen molar-refractivity contribution in [2.24, 2.45) is 5.16 Å². The molecule has 0 saturated heterocycles. The van der Waals surface area contributed by atoms with E-state index in [0.29, 0.717) is 5.71 Å². The molecular formula is C5H9NO. The molecule has 0 fully saturated rings. The Kier molecular flexibility index (Phi) is 3.02. The molecule has 0 spiro atoms. The molecular weight excluding hydrogens is 90.1 g/mol. The quantitative estimate of drug-likeness (QED) is 0.301. The summed E-state index contributed by atoms with van der Waals surface area (Å²) >= 11 is 0. The molecule has 2 nitrogen and oxygen atoms in total. The maximum Gasteiger partial charge on any atom is 0.0761 e. The van der Waals surface area contributed by atoms with Crippen LogP contribution in [0.3, 0.4) is 0 Å². The molecule has 0 aromatic heterocycles. The third-order valence-electron chi connectivity index (χ3n) is 0.566. The van der Waals surface area contributed by atoms with Crippen molar-refractivity contribution >= 4 is 5.71 Å². The van der Waals surface area contributed by atoms with Gasteiger partial charge in [0.15, 0.2) is 0 Å². The van der Waals surface area contributed by atoms with Crippen molar-refractivity contribution in [1.82, 2.24) is 0 Å². The van der Waals surface area contributed by atoms with Gasteiger partial charge in [-0.3, -0.25) is 0 Å². The van der Waals surface area contributed by atoms with Gasteiger partial charge in [0.1, 0.15) is 0 Å². The highest BCUT2D eigenvalue weighted by atomic mass is 16.4. The van der Waals surface area contributed by atoms with E-state index >= 15 is 0 Å². The fourth-order valence-electron chi connectivity index (χ4n) is 0.275. The molecule has 0 aromatic carbocycles. The molecule has 0 rings (SSSR count). The molecule has 0 aromatic rings. The Bertz CT molecular complexity index is 94.3. The van der Waals surface area contributed by atoms with Gasteiger partial charge in [0.05, 0.1) is 5.71 Å². The summed E-state index contributed by atoms with van der Waals surface area (Å²) in [5.74, 6) is 0. The van der Waals surface area contributed by atoms with Crippen LogP contribution in [0.15, 0.2) is 17.3 Å². The summed E-state index contributed by atoms with van der Waals surface area (Å²) in [6.07, 6.45) is 3.54. The Morgan fingerprint density at radius 3 is 2.43 bits per heavy atom. The van der Waals surface area contributed by atoms with E-state index in [9.17, 15) is 0 Å². The maximum atomic E-state index is 8.00. The fraction of sp³-hybridized carbons (Fsp3) is 0.400. The third kappa shape index (κ3) is 3.03. The number of hydrogen-bond acceptors (Lipinski definition) is 2. The highest BCUT2D eigenvalue weighted by molar-refractivity contribution is 5.92. The average molecular weight is 99.1 g/mol. The SMILES string of the molecule is C/C=C/C(C)=N/O. The molecule has 0 heterocycles. The monoisotopic (exact) mass is 99.1 g/mol. The van der Waals surface area contributed by atoms with Crippen LogP contribution < -0.4 is 0 Å². The topological polar surface area (TPSA) is 32.6 Å². The second-order valence-corrected chi connectivity index (χ2v) is 1.24. The highest BCUT2D eigenvalue weighted by Gasteiger charge is 1.74. The van der Waals surface area contributed by atoms with Crippen LogP contribution >= 0.6 is 0 Å². The molecule has 0 bridgehead atoms. The van der Waals surface area contributed by atoms with E-state index < -0.39 is 0 Å². The highest BCUT2D eigenvalue weighted by Crippen LogP contribution is 1.75. The summed E-state index contributed by atoms with van der Waals surface area (Å²) in [5, 5.41) is 10.9. The molecule has 0 atom stereocenters. The van der Waals surface area contributed by atoms with Gasteiger partial charge in [-0.2, -0.15) is 0 Å². The normalized spacial score (nSPS) is 13.1. The Balaban J connectivity index is 3.58. The van der Waals surface area contributed by atoms with Gasteiger partial charge in [0.25, 0.3) is 0 Å². The lowest BCUT2D eigenvalue weighted by molar-refractivity contribution is 0.319. The number of nitrogens with zero attached hydrogens (tertiary/aromatic N) is 1. The minimum atomic E-state index is 0.627. The van der Waals surface area contributed by atoms with Crippen LogP contribution in [-0.2, 0) is 0 Å². The predicted molar refractivity (Wildman–Crippen MR) is 29.7 cm³/mol. The molecule has 2 heteroatoms. The molecule has 0 radical (unpaired) electrons. The van der Waals surface area contributed by atoms with E-state index in [1.54, 1.807) is 13.0 Å². The molecule has 0 amide bonds. The van der Waals surface area contributed by atoms with Gasteiger partial charge in [-0.1, -0.05) is 11.2 Å². The van der Waals surface area contributed by atoms with Crippen LogP contribution in [0.2, 0.25) is 0 Å². The van der Waals surface area contributed by atoms with E-state index in [2.05, 4.69) is 5.16 Å². The molecule has 7 heavy (non-hydrogen) atoms. The van der Waals surface area contributed by atoms with Crippen molar-refractivity contribution in [3.05, 3.63) is 12.2 Å². The molecule has 40 valence electrons. The van der Waals surface area contributed by atoms with Crippen molar-refractivity contribution < 1.29 is 5.21 Å². The Morgan fingerprint density at radius 1 is 1.71 bits per heavy atom. The van der Waals surface area contributed by atoms with Gasteiger partial charge in [-0.05, 0) is 19.9 Å². The average Bonchev–Trinajstić information content (AvgIpc) is 1.68. The Morgan fingerprint density at radius 2 is 2.29 bits per heavy atom. The minimum Gasteiger partial charge on any atom is -0.411 e. The van der Waals surface area contributed by atoms with Gasteiger partial charge in [0.2, 0.25) is 0 Å². The predicted octanol–water partition coefficient (Wildman–Crippen LogP) is 1.41. The van der Waals surface area contributed by atoms with E-state index in [-0.39, 0.29) is 0 Å². The number of oxime groups is 1. The lowest BCUT2D eigenvalue weighted by Gasteiger charge is -1.78. The summed E-state index contributed by atoms with van der Waals surface area (Å²) in [7, 11) is 0. The lowest BCUT2D eigenvalue weighted by atomic mass is 10.4. The summed E-state index contributed by atoms with van der Waals surface area (Å²) in [4.78, 5) is 0. The lowest BCUT2D eigenvalue weighted by Crippen LogP contribution is -1.80. The minimum absolute atomic E-state index is 0.627. The molecule has 0 saturated carbocycles. The van der Waals surface area contributed by atoms with E-state index in [1.807, 2.05) is 13.0 Å². The van der Waals surface area contributed by atoms with Gasteiger partial charge in [0, 0.05) is 0 Å². The number of allylic oxidation sites excluding steroid dienone is 2. The van der Waals surface area contributed by atoms with Gasteiger partial charge in [-0.25, -0.2) is 0 Å². The zero-order valence-corrected chi connectivity index (χ0v) is 4.55. The zero-order chi connectivity index (χ0) is 5.70. The summed E-state index contributed by atoms with van der Waals surface area (Å²) in [5.41, 5.74) is 0.627. The van der Waals surface area contributed by atoms with Crippen LogP contribution in [0.25, 0.3) is 0 Å². The van der Waals surface area contributed by atoms with Crippen molar-refractivity contribution in [3.63, 3.8) is 0 Å². The van der Waals surface area contributed by atoms with E-state index in [4.69, 9.17) is 5.21 Å². The summed E-state index contributed by atoms with van der Waals surface area (Å²) < 4.78 is 0. The fourth-order valence-corrected chi connectivity index (χ4v) is 0.275. The van der Waals surface area contributed by atoms with Crippen LogP contribution in [0.5, 0.6) is 0 Å². The van der Waals surface area contributed by atoms with E-state index in [1.165, 1.54) is 0 Å². The molecule has 1 N–H and O–H groups in total. The summed E-state index contributed by atoms with van der Waals surface area (Å²) in [6, 6.07) is 0. The van der Waals surface area contributed by atoms with Gasteiger partial charge in [-0.15, -0.1) is 0 Å². The first-order valence-electron chi connectivity index (χ1n) is 2.12. The molecule has 0 aliphatic carbocycles. The van der Waals surface area contributed by atoms with Crippen molar-refractivity contribution in [3.8, 4) is 0 Å². The molecule has 0 unspecified atom stereocenters. The number of hydrogen-bond donors (Lipinski definition) is 1. The summed E-state index contributed by atoms with van der Waals surface area (Å²) in [6.45, 7) is 3.59. The van der Waals surface area contributed by atoms with Gasteiger partial charge >= 0.3 is 0 Å².